The topological polar surface area (TPSA) is 12.9 Å². The number of pyridine rings is 1. The molecule has 0 aliphatic carbocycles. The molecule has 0 aliphatic rings. The molecule has 0 radical (unpaired) electrons. The van der Waals surface area contributed by atoms with Crippen LogP contribution in [0.1, 0.15) is 0 Å². The summed E-state index contributed by atoms with van der Waals surface area (Å²) in [4.78, 5) is 4.08. The Morgan fingerprint density at radius 1 is 0.414 bits per heavy atom. The monoisotopic (exact) mass is 375 g/mol. The number of nitrogens with zero attached hydrogens (tertiary/aromatic N) is 1. The van der Waals surface area contributed by atoms with E-state index in [1.165, 1.54) is 39.6 Å². The Balaban J connectivity index is 1.51. The van der Waals surface area contributed by atoms with E-state index < -0.39 is 0 Å². The summed E-state index contributed by atoms with van der Waals surface area (Å²) in [7, 11) is 0. The van der Waals surface area contributed by atoms with Crippen molar-refractivity contribution >= 4 is 10.8 Å². The minimum absolute atomic E-state index is 0.216. The summed E-state index contributed by atoms with van der Waals surface area (Å²) in [5.41, 5.74) is 6.79. The highest BCUT2D eigenvalue weighted by molar-refractivity contribution is 5.91. The van der Waals surface area contributed by atoms with Crippen molar-refractivity contribution in [1.82, 2.24) is 4.98 Å². The molecule has 0 aliphatic heterocycles. The van der Waals surface area contributed by atoms with E-state index in [0.29, 0.717) is 0 Å². The second kappa shape index (κ2) is 7.33. The van der Waals surface area contributed by atoms with Crippen molar-refractivity contribution in [3.8, 4) is 33.4 Å². The van der Waals surface area contributed by atoms with Gasteiger partial charge in [-0.3, -0.25) is 4.98 Å². The predicted octanol–water partition coefficient (Wildman–Crippen LogP) is 7.37. The van der Waals surface area contributed by atoms with Gasteiger partial charge in [0.05, 0.1) is 0 Å². The third-order valence-corrected chi connectivity index (χ3v) is 5.25. The molecule has 5 aromatic rings. The number of hydrogen-bond donors (Lipinski definition) is 0. The third-order valence-electron chi connectivity index (χ3n) is 5.25. The SMILES string of the molecule is Fc1ccc(-c2ccc3ccc(-c4ccc(-c5ccncc5)cc4)cc3c2)cc1. The molecule has 5 rings (SSSR count). The molecule has 0 amide bonds. The molecular weight excluding hydrogens is 357 g/mol. The number of hydrogen-bond acceptors (Lipinski definition) is 1. The first-order chi connectivity index (χ1) is 14.3. The molecule has 0 saturated heterocycles. The van der Waals surface area contributed by atoms with Gasteiger partial charge in [0, 0.05) is 12.4 Å². The smallest absolute Gasteiger partial charge is 0.123 e. The zero-order valence-electron chi connectivity index (χ0n) is 15.7. The normalized spacial score (nSPS) is 10.9. The molecule has 1 heterocycles. The Morgan fingerprint density at radius 2 is 0.828 bits per heavy atom. The van der Waals surface area contributed by atoms with Gasteiger partial charge < -0.3 is 0 Å². The maximum absolute atomic E-state index is 13.2. The van der Waals surface area contributed by atoms with Gasteiger partial charge in [0.15, 0.2) is 0 Å². The van der Waals surface area contributed by atoms with Crippen LogP contribution in [0.4, 0.5) is 4.39 Å². The Morgan fingerprint density at radius 3 is 1.38 bits per heavy atom. The molecule has 29 heavy (non-hydrogen) atoms. The minimum atomic E-state index is -0.216. The molecule has 4 aromatic carbocycles. The van der Waals surface area contributed by atoms with Crippen LogP contribution >= 0.6 is 0 Å². The molecule has 1 aromatic heterocycles. The maximum atomic E-state index is 13.2. The summed E-state index contributed by atoms with van der Waals surface area (Å²) < 4.78 is 13.2. The van der Waals surface area contributed by atoms with E-state index in [9.17, 15) is 4.39 Å². The number of halogens is 1. The Kier molecular flexibility index (Phi) is 4.38. The second-order valence-corrected chi connectivity index (χ2v) is 7.10. The Bertz CT molecular complexity index is 1270. The molecule has 2 heteroatoms. The van der Waals surface area contributed by atoms with Crippen molar-refractivity contribution < 1.29 is 4.39 Å². The summed E-state index contributed by atoms with van der Waals surface area (Å²) in [5, 5.41) is 2.36. The lowest BCUT2D eigenvalue weighted by Crippen LogP contribution is -1.83. The lowest BCUT2D eigenvalue weighted by molar-refractivity contribution is 0.628. The van der Waals surface area contributed by atoms with E-state index in [1.54, 1.807) is 0 Å². The van der Waals surface area contributed by atoms with Gasteiger partial charge in [-0.1, -0.05) is 60.7 Å². The van der Waals surface area contributed by atoms with E-state index in [4.69, 9.17) is 0 Å². The van der Waals surface area contributed by atoms with E-state index in [1.807, 2.05) is 36.7 Å². The number of benzene rings is 4. The summed E-state index contributed by atoms with van der Waals surface area (Å²) in [6.45, 7) is 0. The molecule has 0 saturated carbocycles. The molecule has 0 unspecified atom stereocenters. The highest BCUT2D eigenvalue weighted by Gasteiger charge is 2.04. The number of fused-ring (bicyclic) bond motifs is 1. The maximum Gasteiger partial charge on any atom is 0.123 e. The van der Waals surface area contributed by atoms with Crippen LogP contribution in [0.25, 0.3) is 44.2 Å². The fourth-order valence-corrected chi connectivity index (χ4v) is 3.65. The van der Waals surface area contributed by atoms with Crippen molar-refractivity contribution in [3.05, 3.63) is 115 Å². The highest BCUT2D eigenvalue weighted by Crippen LogP contribution is 2.30. The van der Waals surface area contributed by atoms with Gasteiger partial charge >= 0.3 is 0 Å². The van der Waals surface area contributed by atoms with E-state index >= 15 is 0 Å². The lowest BCUT2D eigenvalue weighted by Gasteiger charge is -2.08. The average molecular weight is 375 g/mol. The first-order valence-corrected chi connectivity index (χ1v) is 9.57. The fourth-order valence-electron chi connectivity index (χ4n) is 3.65. The molecule has 0 atom stereocenters. The van der Waals surface area contributed by atoms with Crippen LogP contribution in [-0.4, -0.2) is 4.98 Å². The van der Waals surface area contributed by atoms with Gasteiger partial charge in [-0.15, -0.1) is 0 Å². The first-order valence-electron chi connectivity index (χ1n) is 9.57. The first kappa shape index (κ1) is 17.3. The van der Waals surface area contributed by atoms with Crippen LogP contribution in [0.15, 0.2) is 109 Å². The predicted molar refractivity (Wildman–Crippen MR) is 118 cm³/mol. The highest BCUT2D eigenvalue weighted by atomic mass is 19.1. The van der Waals surface area contributed by atoms with Crippen LogP contribution in [-0.2, 0) is 0 Å². The summed E-state index contributed by atoms with van der Waals surface area (Å²) in [6.07, 6.45) is 3.62. The fraction of sp³-hybridized carbons (Fsp3) is 0. The van der Waals surface area contributed by atoms with Crippen LogP contribution < -0.4 is 0 Å². The number of rotatable bonds is 3. The van der Waals surface area contributed by atoms with E-state index in [0.717, 1.165) is 16.7 Å². The van der Waals surface area contributed by atoms with Crippen LogP contribution in [0.3, 0.4) is 0 Å². The summed E-state index contributed by atoms with van der Waals surface area (Å²) >= 11 is 0. The zero-order chi connectivity index (χ0) is 19.6. The molecule has 138 valence electrons. The summed E-state index contributed by atoms with van der Waals surface area (Å²) in [6, 6.07) is 32.1. The number of aromatic nitrogens is 1. The second-order valence-electron chi connectivity index (χ2n) is 7.10. The minimum Gasteiger partial charge on any atom is -0.265 e. The zero-order valence-corrected chi connectivity index (χ0v) is 15.7. The van der Waals surface area contributed by atoms with Gasteiger partial charge in [-0.05, 0) is 80.6 Å². The van der Waals surface area contributed by atoms with Crippen LogP contribution in [0.2, 0.25) is 0 Å². The van der Waals surface area contributed by atoms with Crippen molar-refractivity contribution in [1.29, 1.82) is 0 Å². The molecule has 0 spiro atoms. The van der Waals surface area contributed by atoms with Crippen molar-refractivity contribution in [2.45, 2.75) is 0 Å². The average Bonchev–Trinajstić information content (AvgIpc) is 2.79. The lowest BCUT2D eigenvalue weighted by atomic mass is 9.96. The van der Waals surface area contributed by atoms with Gasteiger partial charge in [0.1, 0.15) is 5.82 Å². The molecular formula is C27H18FN. The van der Waals surface area contributed by atoms with Gasteiger partial charge in [-0.25, -0.2) is 4.39 Å². The Labute approximate surface area is 169 Å². The van der Waals surface area contributed by atoms with Gasteiger partial charge in [-0.2, -0.15) is 0 Å². The van der Waals surface area contributed by atoms with Gasteiger partial charge in [0.25, 0.3) is 0 Å². The van der Waals surface area contributed by atoms with Crippen molar-refractivity contribution in [3.63, 3.8) is 0 Å². The van der Waals surface area contributed by atoms with Crippen molar-refractivity contribution in [2.24, 2.45) is 0 Å². The van der Waals surface area contributed by atoms with E-state index in [2.05, 4.69) is 65.6 Å². The quantitative estimate of drug-likeness (QED) is 0.321. The van der Waals surface area contributed by atoms with Crippen molar-refractivity contribution in [2.75, 3.05) is 0 Å². The van der Waals surface area contributed by atoms with Crippen LogP contribution in [0.5, 0.6) is 0 Å². The molecule has 0 N–H and O–H groups in total. The largest absolute Gasteiger partial charge is 0.265 e. The summed E-state index contributed by atoms with van der Waals surface area (Å²) in [5.74, 6) is -0.216. The molecule has 1 nitrogen and oxygen atoms in total. The third kappa shape index (κ3) is 3.53. The molecule has 0 bridgehead atoms. The van der Waals surface area contributed by atoms with Crippen LogP contribution in [0, 0.1) is 5.82 Å². The van der Waals surface area contributed by atoms with Gasteiger partial charge in [0.2, 0.25) is 0 Å². The van der Waals surface area contributed by atoms with E-state index in [-0.39, 0.29) is 5.82 Å². The Hall–Kier alpha value is -3.78. The molecule has 0 fully saturated rings. The standard InChI is InChI=1S/C27H18FN/c28-27-11-9-21(10-12-27)25-8-6-22-5-7-24(17-26(22)18-25)20-3-1-19(2-4-20)23-13-15-29-16-14-23/h1-18H.